The topological polar surface area (TPSA) is 41.5 Å². The molecule has 0 fully saturated rings. The van der Waals surface area contributed by atoms with Crippen molar-refractivity contribution >= 4 is 23.9 Å². The van der Waals surface area contributed by atoms with E-state index in [0.29, 0.717) is 18.8 Å². The third-order valence-corrected chi connectivity index (χ3v) is 4.32. The molecule has 0 aromatic heterocycles. The summed E-state index contributed by atoms with van der Waals surface area (Å²) < 4.78 is 11.6. The molecule has 0 radical (unpaired) electrons. The first-order valence-corrected chi connectivity index (χ1v) is 7.43. The zero-order valence-electron chi connectivity index (χ0n) is 8.85. The Kier molecular flexibility index (Phi) is 3.65. The van der Waals surface area contributed by atoms with Crippen molar-refractivity contribution in [1.82, 2.24) is 0 Å². The van der Waals surface area contributed by atoms with Crippen LogP contribution < -0.4 is 9.42 Å². The van der Waals surface area contributed by atoms with Crippen molar-refractivity contribution < 1.29 is 13.9 Å². The Morgan fingerprint density at radius 2 is 2.38 bits per heavy atom. The van der Waals surface area contributed by atoms with Crippen molar-refractivity contribution in [3.63, 3.8) is 0 Å². The normalized spacial score (nSPS) is 23.4. The predicted molar refractivity (Wildman–Crippen MR) is 66.2 cm³/mol. The van der Waals surface area contributed by atoms with E-state index in [1.54, 1.807) is 13.0 Å². The molecule has 0 spiro atoms. The van der Waals surface area contributed by atoms with Crippen LogP contribution in [0.3, 0.4) is 0 Å². The van der Waals surface area contributed by atoms with Gasteiger partial charge in [-0.25, -0.2) is 0 Å². The van der Waals surface area contributed by atoms with Crippen molar-refractivity contribution in [2.45, 2.75) is 13.3 Å². The van der Waals surface area contributed by atoms with Crippen molar-refractivity contribution in [1.29, 1.82) is 0 Å². The van der Waals surface area contributed by atoms with E-state index >= 15 is 0 Å². The largest absolute Gasteiger partial charge is 0.620 e. The number of fused-ring (bicyclic) bond motifs is 1. The number of hydrogen-bond donors (Lipinski definition) is 0. The van der Waals surface area contributed by atoms with E-state index in [2.05, 4.69) is 15.9 Å². The van der Waals surface area contributed by atoms with Crippen molar-refractivity contribution in [2.24, 2.45) is 0 Å². The predicted octanol–water partition coefficient (Wildman–Crippen LogP) is 3.06. The molecule has 1 aromatic carbocycles. The van der Waals surface area contributed by atoms with E-state index in [0.717, 1.165) is 10.0 Å². The van der Waals surface area contributed by atoms with E-state index in [9.17, 15) is 4.89 Å². The van der Waals surface area contributed by atoms with Gasteiger partial charge in [-0.3, -0.25) is 0 Å². The highest BCUT2D eigenvalue weighted by Crippen LogP contribution is 2.55. The van der Waals surface area contributed by atoms with Crippen molar-refractivity contribution in [3.05, 3.63) is 40.1 Å². The van der Waals surface area contributed by atoms with Gasteiger partial charge in [-0.15, -0.1) is 0 Å². The number of rotatable bonds is 2. The van der Waals surface area contributed by atoms with E-state index in [1.165, 1.54) is 5.82 Å². The molecule has 1 aliphatic rings. The minimum Gasteiger partial charge on any atom is -0.620 e. The van der Waals surface area contributed by atoms with Crippen LogP contribution in [0.25, 0.3) is 0 Å². The molecule has 16 heavy (non-hydrogen) atoms. The number of halogens is 1. The fourth-order valence-electron chi connectivity index (χ4n) is 1.52. The van der Waals surface area contributed by atoms with Crippen LogP contribution in [0.4, 0.5) is 0 Å². The minimum atomic E-state index is -3.10. The Morgan fingerprint density at radius 3 is 3.12 bits per heavy atom. The fourth-order valence-corrected chi connectivity index (χ4v) is 3.31. The van der Waals surface area contributed by atoms with Gasteiger partial charge in [-0.2, -0.15) is 4.52 Å². The number of allylic oxidation sites excluding steroid dienone is 1. The number of hydrogen-bond acceptors (Lipinski definition) is 3. The monoisotopic (exact) mass is 302 g/mol. The minimum absolute atomic E-state index is 0.369. The maximum absolute atomic E-state index is 12.2. The van der Waals surface area contributed by atoms with Crippen LogP contribution >= 0.6 is 23.9 Å². The highest BCUT2D eigenvalue weighted by atomic mass is 79.9. The lowest BCUT2D eigenvalue weighted by molar-refractivity contribution is -0.206. The summed E-state index contributed by atoms with van der Waals surface area (Å²) in [5.74, 6) is 2.16. The first kappa shape index (κ1) is 12.1. The van der Waals surface area contributed by atoms with Gasteiger partial charge in [-0.1, -0.05) is 15.9 Å². The molecule has 0 N–H and O–H groups in total. The molecule has 1 heterocycles. The molecule has 0 bridgehead atoms. The first-order valence-electron chi connectivity index (χ1n) is 5.03. The van der Waals surface area contributed by atoms with Gasteiger partial charge in [-0.05, 0) is 37.6 Å². The van der Waals surface area contributed by atoms with Crippen LogP contribution in [0.1, 0.15) is 12.5 Å². The third-order valence-electron chi connectivity index (χ3n) is 2.18. The Balaban J connectivity index is 2.32. The van der Waals surface area contributed by atoms with Gasteiger partial charge in [0.2, 0.25) is 0 Å². The SMILES string of the molecule is CCO[P+]1([O-])C=CCc2cc(Br)ccc2O1. The first-order chi connectivity index (χ1) is 7.63. The molecule has 3 nitrogen and oxygen atoms in total. The summed E-state index contributed by atoms with van der Waals surface area (Å²) >= 11 is 3.40. The molecule has 5 heteroatoms. The highest BCUT2D eigenvalue weighted by molar-refractivity contribution is 9.10. The van der Waals surface area contributed by atoms with Crippen LogP contribution in [0.2, 0.25) is 0 Å². The zero-order chi connectivity index (χ0) is 11.6. The van der Waals surface area contributed by atoms with E-state index in [4.69, 9.17) is 9.05 Å². The Labute approximate surface area is 104 Å². The van der Waals surface area contributed by atoms with Gasteiger partial charge in [0.25, 0.3) is 0 Å². The quantitative estimate of drug-likeness (QED) is 0.789. The van der Waals surface area contributed by atoms with Crippen LogP contribution in [0, 0.1) is 0 Å². The summed E-state index contributed by atoms with van der Waals surface area (Å²) in [5.41, 5.74) is 1.00. The van der Waals surface area contributed by atoms with Crippen LogP contribution in [-0.2, 0) is 10.9 Å². The lowest BCUT2D eigenvalue weighted by Crippen LogP contribution is -2.16. The maximum Gasteiger partial charge on any atom is 0.310 e. The molecule has 1 unspecified atom stereocenters. The van der Waals surface area contributed by atoms with Gasteiger partial charge in [0.1, 0.15) is 5.82 Å². The van der Waals surface area contributed by atoms with Crippen molar-refractivity contribution in [3.8, 4) is 5.75 Å². The van der Waals surface area contributed by atoms with Gasteiger partial charge < -0.3 is 9.42 Å². The molecule has 86 valence electrons. The highest BCUT2D eigenvalue weighted by Gasteiger charge is 2.30. The van der Waals surface area contributed by atoms with Gasteiger partial charge in [0.15, 0.2) is 5.75 Å². The van der Waals surface area contributed by atoms with Crippen molar-refractivity contribution in [2.75, 3.05) is 6.61 Å². The molecular formula is C11H12BrO3P. The molecule has 0 amide bonds. The molecular weight excluding hydrogens is 291 g/mol. The summed E-state index contributed by atoms with van der Waals surface area (Å²) in [7, 11) is -3.10. The van der Waals surface area contributed by atoms with E-state index in [-0.39, 0.29) is 0 Å². The summed E-state index contributed by atoms with van der Waals surface area (Å²) in [6.07, 6.45) is 2.53. The maximum atomic E-state index is 12.2. The van der Waals surface area contributed by atoms with E-state index < -0.39 is 7.94 Å². The van der Waals surface area contributed by atoms with Gasteiger partial charge in [0.05, 0.1) is 6.61 Å². The smallest absolute Gasteiger partial charge is 0.310 e. The Hall–Kier alpha value is -0.410. The molecule has 0 aliphatic carbocycles. The molecule has 1 aliphatic heterocycles. The third kappa shape index (κ3) is 2.64. The van der Waals surface area contributed by atoms with Gasteiger partial charge >= 0.3 is 7.94 Å². The summed E-state index contributed by atoms with van der Waals surface area (Å²) in [4.78, 5) is 12.2. The van der Waals surface area contributed by atoms with Crippen LogP contribution in [0.15, 0.2) is 34.6 Å². The molecule has 1 atom stereocenters. The lowest BCUT2D eigenvalue weighted by atomic mass is 10.1. The average molecular weight is 303 g/mol. The lowest BCUT2D eigenvalue weighted by Gasteiger charge is -2.23. The molecule has 0 saturated carbocycles. The molecule has 0 saturated heterocycles. The average Bonchev–Trinajstić information content (AvgIpc) is 2.37. The van der Waals surface area contributed by atoms with E-state index in [1.807, 2.05) is 18.2 Å². The Morgan fingerprint density at radius 1 is 1.56 bits per heavy atom. The number of benzene rings is 1. The summed E-state index contributed by atoms with van der Waals surface area (Å²) in [6.45, 7) is 2.16. The summed E-state index contributed by atoms with van der Waals surface area (Å²) in [5, 5.41) is 0. The van der Waals surface area contributed by atoms with Crippen LogP contribution in [0.5, 0.6) is 5.75 Å². The Bertz CT molecular complexity index is 422. The molecule has 2 rings (SSSR count). The zero-order valence-corrected chi connectivity index (χ0v) is 11.3. The standard InChI is InChI=1S/C11H12BrO3P/c1-2-14-16(13)7-3-4-9-8-10(12)5-6-11(9)15-16/h3,5-8H,2,4H2,1H3. The second kappa shape index (κ2) is 4.84. The fraction of sp³-hybridized carbons (Fsp3) is 0.273. The van der Waals surface area contributed by atoms with Gasteiger partial charge in [0, 0.05) is 10.0 Å². The second-order valence-corrected chi connectivity index (χ2v) is 6.12. The van der Waals surface area contributed by atoms with Crippen LogP contribution in [-0.4, -0.2) is 6.61 Å². The molecule has 1 aromatic rings. The second-order valence-electron chi connectivity index (χ2n) is 3.39. The summed E-state index contributed by atoms with van der Waals surface area (Å²) in [6, 6.07) is 5.62.